The van der Waals surface area contributed by atoms with Gasteiger partial charge in [0.2, 0.25) is 5.56 Å². The molecule has 0 aliphatic heterocycles. The van der Waals surface area contributed by atoms with Crippen molar-refractivity contribution in [1.82, 2.24) is 4.98 Å². The van der Waals surface area contributed by atoms with Crippen molar-refractivity contribution < 1.29 is 4.79 Å². The van der Waals surface area contributed by atoms with E-state index in [0.717, 1.165) is 16.7 Å². The van der Waals surface area contributed by atoms with Gasteiger partial charge in [-0.1, -0.05) is 0 Å². The van der Waals surface area contributed by atoms with Gasteiger partial charge in [0.05, 0.1) is 0 Å². The number of nitrogens with one attached hydrogen (secondary N) is 2. The molecule has 0 saturated heterocycles. The van der Waals surface area contributed by atoms with E-state index in [1.54, 1.807) is 24.3 Å². The van der Waals surface area contributed by atoms with Crippen LogP contribution in [-0.2, 0) is 0 Å². The lowest BCUT2D eigenvalue weighted by molar-refractivity contribution is 0.102. The highest BCUT2D eigenvalue weighted by Crippen LogP contribution is 2.19. The molecule has 2 N–H and O–H groups in total. The summed E-state index contributed by atoms with van der Waals surface area (Å²) in [5.41, 5.74) is 0.570. The molecular formula is C13H9N3O2S. The van der Waals surface area contributed by atoms with Crippen molar-refractivity contribution in [2.24, 2.45) is 0 Å². The van der Waals surface area contributed by atoms with Gasteiger partial charge in [0, 0.05) is 28.4 Å². The topological polar surface area (TPSA) is 85.8 Å². The lowest BCUT2D eigenvalue weighted by Gasteiger charge is -2.05. The number of pyridine rings is 1. The van der Waals surface area contributed by atoms with E-state index in [1.165, 1.54) is 18.3 Å². The molecule has 6 heteroatoms. The third-order valence-corrected chi connectivity index (χ3v) is 2.91. The van der Waals surface area contributed by atoms with E-state index in [0.29, 0.717) is 11.3 Å². The van der Waals surface area contributed by atoms with Crippen LogP contribution < -0.4 is 10.9 Å². The Morgan fingerprint density at radius 1 is 1.26 bits per heavy atom. The maximum Gasteiger partial charge on any atom is 0.255 e. The first-order valence-electron chi connectivity index (χ1n) is 5.35. The van der Waals surface area contributed by atoms with E-state index < -0.39 is 0 Å². The fraction of sp³-hybridized carbons (Fsp3) is 0. The van der Waals surface area contributed by atoms with Gasteiger partial charge in [-0.15, -0.1) is 0 Å². The number of benzene rings is 1. The molecule has 94 valence electrons. The Balaban J connectivity index is 2.11. The number of amides is 1. The van der Waals surface area contributed by atoms with Gasteiger partial charge >= 0.3 is 0 Å². The Labute approximate surface area is 113 Å². The zero-order chi connectivity index (χ0) is 13.7. The number of thioether (sulfide) groups is 1. The Bertz CT molecular complexity index is 686. The summed E-state index contributed by atoms with van der Waals surface area (Å²) in [6.45, 7) is 0. The van der Waals surface area contributed by atoms with Gasteiger partial charge in [-0.2, -0.15) is 5.26 Å². The summed E-state index contributed by atoms with van der Waals surface area (Å²) in [5.74, 6) is -0.355. The van der Waals surface area contributed by atoms with Gasteiger partial charge in [-0.05, 0) is 42.1 Å². The SMILES string of the molecule is N#CSc1ccc(NC(=O)c2cc[nH]c(=O)c2)cc1. The smallest absolute Gasteiger partial charge is 0.255 e. The predicted molar refractivity (Wildman–Crippen MR) is 72.9 cm³/mol. The Kier molecular flexibility index (Phi) is 4.00. The van der Waals surface area contributed by atoms with E-state index in [2.05, 4.69) is 10.3 Å². The standard InChI is InChI=1S/C13H9N3O2S/c14-8-19-11-3-1-10(2-4-11)16-13(18)9-5-6-15-12(17)7-9/h1-7H,(H,15,17)(H,16,18). The number of hydrogen-bond donors (Lipinski definition) is 2. The quantitative estimate of drug-likeness (QED) is 0.662. The van der Waals surface area contributed by atoms with Gasteiger partial charge in [0.15, 0.2) is 0 Å². The van der Waals surface area contributed by atoms with Crippen LogP contribution in [0.4, 0.5) is 5.69 Å². The van der Waals surface area contributed by atoms with Gasteiger partial charge in [0.25, 0.3) is 5.91 Å². The van der Waals surface area contributed by atoms with Gasteiger partial charge in [0.1, 0.15) is 5.40 Å². The van der Waals surface area contributed by atoms with Crippen LogP contribution in [0.25, 0.3) is 0 Å². The lowest BCUT2D eigenvalue weighted by atomic mass is 10.2. The predicted octanol–water partition coefficient (Wildman–Crippen LogP) is 2.20. The second kappa shape index (κ2) is 5.89. The monoisotopic (exact) mass is 271 g/mol. The highest BCUT2D eigenvalue weighted by molar-refractivity contribution is 8.03. The van der Waals surface area contributed by atoms with Crippen molar-refractivity contribution in [3.05, 3.63) is 58.5 Å². The number of carbonyl (C=O) groups is 1. The summed E-state index contributed by atoms with van der Waals surface area (Å²) < 4.78 is 0. The van der Waals surface area contributed by atoms with Gasteiger partial charge < -0.3 is 10.3 Å². The van der Waals surface area contributed by atoms with E-state index >= 15 is 0 Å². The third kappa shape index (κ3) is 3.47. The summed E-state index contributed by atoms with van der Waals surface area (Å²) in [6, 6.07) is 9.63. The maximum atomic E-state index is 11.9. The first-order chi connectivity index (χ1) is 9.19. The molecule has 0 fully saturated rings. The number of hydrogen-bond acceptors (Lipinski definition) is 4. The molecule has 0 bridgehead atoms. The normalized spacial score (nSPS) is 9.63. The van der Waals surface area contributed by atoms with Crippen molar-refractivity contribution in [2.45, 2.75) is 4.90 Å². The number of H-pyrrole nitrogens is 1. The van der Waals surface area contributed by atoms with Crippen molar-refractivity contribution in [3.8, 4) is 5.40 Å². The molecule has 5 nitrogen and oxygen atoms in total. The van der Waals surface area contributed by atoms with Crippen LogP contribution in [0.2, 0.25) is 0 Å². The minimum atomic E-state index is -0.355. The average molecular weight is 271 g/mol. The molecule has 0 aliphatic rings. The van der Waals surface area contributed by atoms with Crippen LogP contribution in [0.3, 0.4) is 0 Å². The molecule has 19 heavy (non-hydrogen) atoms. The summed E-state index contributed by atoms with van der Waals surface area (Å²) in [7, 11) is 0. The van der Waals surface area contributed by atoms with Crippen molar-refractivity contribution in [2.75, 3.05) is 5.32 Å². The minimum absolute atomic E-state index is 0.291. The molecule has 0 aliphatic carbocycles. The minimum Gasteiger partial charge on any atom is -0.329 e. The lowest BCUT2D eigenvalue weighted by Crippen LogP contribution is -2.15. The molecule has 2 rings (SSSR count). The number of carbonyl (C=O) groups excluding carboxylic acids is 1. The molecular weight excluding hydrogens is 262 g/mol. The molecule has 0 saturated carbocycles. The first kappa shape index (κ1) is 12.9. The summed E-state index contributed by atoms with van der Waals surface area (Å²) >= 11 is 1.05. The number of nitrogens with zero attached hydrogens (tertiary/aromatic N) is 1. The van der Waals surface area contributed by atoms with Crippen molar-refractivity contribution in [3.63, 3.8) is 0 Å². The molecule has 0 radical (unpaired) electrons. The number of aromatic amines is 1. The number of aromatic nitrogens is 1. The second-order valence-corrected chi connectivity index (χ2v) is 4.47. The summed E-state index contributed by atoms with van der Waals surface area (Å²) in [4.78, 5) is 26.2. The highest BCUT2D eigenvalue weighted by Gasteiger charge is 2.06. The largest absolute Gasteiger partial charge is 0.329 e. The molecule has 1 aromatic carbocycles. The molecule has 1 heterocycles. The van der Waals surface area contributed by atoms with E-state index in [-0.39, 0.29) is 11.5 Å². The second-order valence-electron chi connectivity index (χ2n) is 3.61. The van der Waals surface area contributed by atoms with Gasteiger partial charge in [-0.25, -0.2) is 0 Å². The molecule has 1 aromatic heterocycles. The van der Waals surface area contributed by atoms with Gasteiger partial charge in [-0.3, -0.25) is 9.59 Å². The zero-order valence-corrected chi connectivity index (χ0v) is 10.5. The first-order valence-corrected chi connectivity index (χ1v) is 6.17. The highest BCUT2D eigenvalue weighted by atomic mass is 32.2. The van der Waals surface area contributed by atoms with Crippen LogP contribution in [0.15, 0.2) is 52.3 Å². The molecule has 2 aromatic rings. The Morgan fingerprint density at radius 2 is 2.00 bits per heavy atom. The van der Waals surface area contributed by atoms with E-state index in [9.17, 15) is 9.59 Å². The fourth-order valence-corrected chi connectivity index (χ4v) is 1.83. The van der Waals surface area contributed by atoms with Crippen molar-refractivity contribution >= 4 is 23.4 Å². The van der Waals surface area contributed by atoms with E-state index in [4.69, 9.17) is 5.26 Å². The molecule has 0 atom stereocenters. The maximum absolute atomic E-state index is 11.9. The zero-order valence-electron chi connectivity index (χ0n) is 9.71. The number of anilines is 1. The molecule has 0 spiro atoms. The number of thiocyanates is 1. The van der Waals surface area contributed by atoms with E-state index in [1.807, 2.05) is 5.40 Å². The van der Waals surface area contributed by atoms with Crippen LogP contribution in [0.5, 0.6) is 0 Å². The summed E-state index contributed by atoms with van der Waals surface area (Å²) in [6.07, 6.45) is 1.42. The van der Waals surface area contributed by atoms with Crippen LogP contribution >= 0.6 is 11.8 Å². The number of nitriles is 1. The van der Waals surface area contributed by atoms with Crippen LogP contribution in [0, 0.1) is 10.7 Å². The Hall–Kier alpha value is -2.52. The molecule has 1 amide bonds. The van der Waals surface area contributed by atoms with Crippen molar-refractivity contribution in [1.29, 1.82) is 5.26 Å². The van der Waals surface area contributed by atoms with Crippen LogP contribution in [0.1, 0.15) is 10.4 Å². The fourth-order valence-electron chi connectivity index (χ4n) is 1.45. The average Bonchev–Trinajstić information content (AvgIpc) is 2.41. The summed E-state index contributed by atoms with van der Waals surface area (Å²) in [5, 5.41) is 13.2. The van der Waals surface area contributed by atoms with Crippen LogP contribution in [-0.4, -0.2) is 10.9 Å². The third-order valence-electron chi connectivity index (χ3n) is 2.31. The molecule has 0 unspecified atom stereocenters. The Morgan fingerprint density at radius 3 is 2.63 bits per heavy atom. The number of rotatable bonds is 3.